The van der Waals surface area contributed by atoms with Crippen molar-refractivity contribution in [1.82, 2.24) is 0 Å². The van der Waals surface area contributed by atoms with Crippen LogP contribution < -0.4 is 10.2 Å². The number of amides is 2. The van der Waals surface area contributed by atoms with Crippen molar-refractivity contribution in [2.24, 2.45) is 5.92 Å². The van der Waals surface area contributed by atoms with Crippen LogP contribution >= 0.6 is 15.9 Å². The number of carbonyl (C=O) groups is 3. The lowest BCUT2D eigenvalue weighted by Gasteiger charge is -2.16. The van der Waals surface area contributed by atoms with Gasteiger partial charge in [0.1, 0.15) is 0 Å². The van der Waals surface area contributed by atoms with E-state index < -0.39 is 17.8 Å². The average molecular weight is 445 g/mol. The average Bonchev–Trinajstić information content (AvgIpc) is 3.06. The van der Waals surface area contributed by atoms with Crippen LogP contribution in [0.5, 0.6) is 0 Å². The molecular formula is C21H21BrN2O4. The van der Waals surface area contributed by atoms with Crippen molar-refractivity contribution in [3.63, 3.8) is 0 Å². The van der Waals surface area contributed by atoms with Crippen molar-refractivity contribution >= 4 is 45.1 Å². The van der Waals surface area contributed by atoms with Crippen molar-refractivity contribution in [3.8, 4) is 0 Å². The Hall–Kier alpha value is -2.67. The highest BCUT2D eigenvalue weighted by Gasteiger charge is 2.36. The van der Waals surface area contributed by atoms with E-state index in [1.165, 1.54) is 0 Å². The quantitative estimate of drug-likeness (QED) is 0.714. The van der Waals surface area contributed by atoms with E-state index in [2.05, 4.69) is 21.2 Å². The fraction of sp³-hybridized carbons (Fsp3) is 0.286. The predicted octanol–water partition coefficient (Wildman–Crippen LogP) is 3.60. The second-order valence-electron chi connectivity index (χ2n) is 6.82. The van der Waals surface area contributed by atoms with Gasteiger partial charge >= 0.3 is 5.97 Å². The third-order valence-corrected chi connectivity index (χ3v) is 5.84. The third-order valence-electron chi connectivity index (χ3n) is 4.59. The molecule has 1 aliphatic heterocycles. The number of aryl methyl sites for hydroxylation is 2. The van der Waals surface area contributed by atoms with E-state index in [9.17, 15) is 14.4 Å². The minimum atomic E-state index is -0.572. The third kappa shape index (κ3) is 4.59. The van der Waals surface area contributed by atoms with E-state index in [1.54, 1.807) is 4.90 Å². The number of rotatable bonds is 5. The summed E-state index contributed by atoms with van der Waals surface area (Å²) in [6, 6.07) is 12.9. The molecule has 1 atom stereocenters. The lowest BCUT2D eigenvalue weighted by molar-refractivity contribution is -0.151. The van der Waals surface area contributed by atoms with Crippen LogP contribution in [0.15, 0.2) is 46.9 Å². The van der Waals surface area contributed by atoms with Crippen LogP contribution in [0.1, 0.15) is 17.5 Å². The van der Waals surface area contributed by atoms with Gasteiger partial charge < -0.3 is 15.0 Å². The van der Waals surface area contributed by atoms with Crippen molar-refractivity contribution in [2.75, 3.05) is 23.4 Å². The molecule has 146 valence electrons. The maximum Gasteiger partial charge on any atom is 0.311 e. The zero-order chi connectivity index (χ0) is 20.3. The normalized spacial score (nSPS) is 16.2. The van der Waals surface area contributed by atoms with E-state index in [-0.39, 0.29) is 25.5 Å². The largest absolute Gasteiger partial charge is 0.455 e. The molecule has 0 aromatic heterocycles. The highest BCUT2D eigenvalue weighted by atomic mass is 79.9. The van der Waals surface area contributed by atoms with Gasteiger partial charge in [0.05, 0.1) is 5.92 Å². The number of halogens is 1. The summed E-state index contributed by atoms with van der Waals surface area (Å²) in [5.74, 6) is -1.65. The molecule has 1 aliphatic rings. The highest BCUT2D eigenvalue weighted by Crippen LogP contribution is 2.26. The molecule has 0 radical (unpaired) electrons. The lowest BCUT2D eigenvalue weighted by atomic mass is 10.1. The first kappa shape index (κ1) is 20.1. The molecule has 0 spiro atoms. The van der Waals surface area contributed by atoms with Crippen LogP contribution in [0, 0.1) is 19.8 Å². The van der Waals surface area contributed by atoms with Gasteiger partial charge in [-0.3, -0.25) is 14.4 Å². The number of hydrogen-bond acceptors (Lipinski definition) is 4. The SMILES string of the molecule is Cc1cc(NC(=O)COC(=O)[C@@H]2CC(=O)N(c3ccccc3)C2)cc(C)c1Br. The molecule has 1 N–H and O–H groups in total. The summed E-state index contributed by atoms with van der Waals surface area (Å²) in [5.41, 5.74) is 3.39. The van der Waals surface area contributed by atoms with E-state index >= 15 is 0 Å². The molecule has 1 saturated heterocycles. The molecule has 2 amide bonds. The number of anilines is 2. The Morgan fingerprint density at radius 2 is 1.82 bits per heavy atom. The number of hydrogen-bond donors (Lipinski definition) is 1. The van der Waals surface area contributed by atoms with Gasteiger partial charge in [-0.1, -0.05) is 34.1 Å². The Balaban J connectivity index is 1.53. The minimum Gasteiger partial charge on any atom is -0.455 e. The smallest absolute Gasteiger partial charge is 0.311 e. The Kier molecular flexibility index (Phi) is 6.14. The fourth-order valence-electron chi connectivity index (χ4n) is 3.19. The number of benzene rings is 2. The number of ether oxygens (including phenoxy) is 1. The van der Waals surface area contributed by atoms with Gasteiger partial charge in [-0.15, -0.1) is 0 Å². The van der Waals surface area contributed by atoms with Crippen molar-refractivity contribution < 1.29 is 19.1 Å². The van der Waals surface area contributed by atoms with Gasteiger partial charge in [0.25, 0.3) is 5.91 Å². The number of esters is 1. The molecule has 2 aromatic carbocycles. The lowest BCUT2D eigenvalue weighted by Crippen LogP contribution is -2.28. The van der Waals surface area contributed by atoms with Crippen LogP contribution in [0.2, 0.25) is 0 Å². The molecule has 28 heavy (non-hydrogen) atoms. The van der Waals surface area contributed by atoms with Crippen molar-refractivity contribution in [3.05, 3.63) is 58.1 Å². The zero-order valence-corrected chi connectivity index (χ0v) is 17.3. The second-order valence-corrected chi connectivity index (χ2v) is 7.61. The summed E-state index contributed by atoms with van der Waals surface area (Å²) >= 11 is 3.48. The van der Waals surface area contributed by atoms with E-state index in [1.807, 2.05) is 56.3 Å². The first-order chi connectivity index (χ1) is 13.3. The first-order valence-electron chi connectivity index (χ1n) is 8.94. The molecule has 3 rings (SSSR count). The van der Waals surface area contributed by atoms with Crippen LogP contribution in [-0.4, -0.2) is 30.9 Å². The van der Waals surface area contributed by atoms with Gasteiger partial charge in [0.2, 0.25) is 5.91 Å². The molecule has 1 heterocycles. The molecule has 0 saturated carbocycles. The molecule has 7 heteroatoms. The molecule has 0 aliphatic carbocycles. The van der Waals surface area contributed by atoms with Crippen LogP contribution in [-0.2, 0) is 19.1 Å². The van der Waals surface area contributed by atoms with Gasteiger partial charge in [0, 0.05) is 28.8 Å². The summed E-state index contributed by atoms with van der Waals surface area (Å²) in [5, 5.41) is 2.73. The maximum absolute atomic E-state index is 12.3. The summed E-state index contributed by atoms with van der Waals surface area (Å²) in [7, 11) is 0. The van der Waals surface area contributed by atoms with Gasteiger partial charge in [0.15, 0.2) is 6.61 Å². The molecule has 6 nitrogen and oxygen atoms in total. The molecule has 0 unspecified atom stereocenters. The standard InChI is InChI=1S/C21H21BrN2O4/c1-13-8-16(9-14(2)20(13)22)23-18(25)12-28-21(27)15-10-19(26)24(11-15)17-6-4-3-5-7-17/h3-9,15H,10-12H2,1-2H3,(H,23,25)/t15-/m1/s1. The molecule has 1 fully saturated rings. The number of carbonyl (C=O) groups excluding carboxylic acids is 3. The summed E-state index contributed by atoms with van der Waals surface area (Å²) in [6.45, 7) is 3.74. The molecular weight excluding hydrogens is 424 g/mol. The number of nitrogens with zero attached hydrogens (tertiary/aromatic N) is 1. The predicted molar refractivity (Wildman–Crippen MR) is 110 cm³/mol. The Morgan fingerprint density at radius 3 is 2.46 bits per heavy atom. The summed E-state index contributed by atoms with van der Waals surface area (Å²) in [6.07, 6.45) is 0.0838. The second kappa shape index (κ2) is 8.56. The van der Waals surface area contributed by atoms with Crippen molar-refractivity contribution in [1.29, 1.82) is 0 Å². The number of para-hydroxylation sites is 1. The topological polar surface area (TPSA) is 75.7 Å². The van der Waals surface area contributed by atoms with E-state index in [0.717, 1.165) is 21.3 Å². The van der Waals surface area contributed by atoms with Crippen LogP contribution in [0.3, 0.4) is 0 Å². The Bertz CT molecular complexity index is 891. The zero-order valence-electron chi connectivity index (χ0n) is 15.7. The number of nitrogens with one attached hydrogen (secondary N) is 1. The van der Waals surface area contributed by atoms with Crippen LogP contribution in [0.25, 0.3) is 0 Å². The highest BCUT2D eigenvalue weighted by molar-refractivity contribution is 9.10. The van der Waals surface area contributed by atoms with Crippen LogP contribution in [0.4, 0.5) is 11.4 Å². The maximum atomic E-state index is 12.3. The minimum absolute atomic E-state index is 0.0838. The Morgan fingerprint density at radius 1 is 1.18 bits per heavy atom. The Labute approximate surface area is 172 Å². The first-order valence-corrected chi connectivity index (χ1v) is 9.73. The van der Waals surface area contributed by atoms with Gasteiger partial charge in [-0.05, 0) is 49.2 Å². The van der Waals surface area contributed by atoms with Gasteiger partial charge in [-0.25, -0.2) is 0 Å². The summed E-state index contributed by atoms with van der Waals surface area (Å²) in [4.78, 5) is 38.2. The van der Waals surface area contributed by atoms with Crippen molar-refractivity contribution in [2.45, 2.75) is 20.3 Å². The van der Waals surface area contributed by atoms with Gasteiger partial charge in [-0.2, -0.15) is 0 Å². The fourth-order valence-corrected chi connectivity index (χ4v) is 3.42. The molecule has 0 bridgehead atoms. The van der Waals surface area contributed by atoms with E-state index in [4.69, 9.17) is 4.74 Å². The monoisotopic (exact) mass is 444 g/mol. The molecule has 2 aromatic rings. The summed E-state index contributed by atoms with van der Waals surface area (Å²) < 4.78 is 6.13. The van der Waals surface area contributed by atoms with E-state index in [0.29, 0.717) is 5.69 Å².